The third kappa shape index (κ3) is 4.21. The lowest BCUT2D eigenvalue weighted by atomic mass is 10.0. The molecule has 2 fully saturated rings. The van der Waals surface area contributed by atoms with Gasteiger partial charge in [0.15, 0.2) is 5.69 Å². The normalized spacial score (nSPS) is 19.2. The van der Waals surface area contributed by atoms with E-state index in [1.165, 1.54) is 11.0 Å². The zero-order valence-corrected chi connectivity index (χ0v) is 17.6. The zero-order chi connectivity index (χ0) is 22.9. The van der Waals surface area contributed by atoms with Gasteiger partial charge < -0.3 is 15.4 Å². The van der Waals surface area contributed by atoms with Gasteiger partial charge in [-0.15, -0.1) is 10.2 Å². The Morgan fingerprint density at radius 2 is 2.06 bits per heavy atom. The van der Waals surface area contributed by atoms with E-state index in [1.807, 2.05) is 4.90 Å². The number of amides is 2. The Bertz CT molecular complexity index is 1160. The Labute approximate surface area is 187 Å². The minimum Gasteiger partial charge on any atom is -0.442 e. The summed E-state index contributed by atoms with van der Waals surface area (Å²) in [5.41, 5.74) is 6.28. The Morgan fingerprint density at radius 1 is 1.24 bits per heavy atom. The van der Waals surface area contributed by atoms with Crippen LogP contribution in [0.25, 0.3) is 0 Å². The first kappa shape index (κ1) is 20.8. The predicted octanol–water partition coefficient (Wildman–Crippen LogP) is 0.974. The van der Waals surface area contributed by atoms with Gasteiger partial charge >= 0.3 is 6.09 Å². The highest BCUT2D eigenvalue weighted by atomic mass is 19.1. The quantitative estimate of drug-likeness (QED) is 0.581. The second-order valence-corrected chi connectivity index (χ2v) is 8.04. The minimum absolute atomic E-state index is 0.0606. The van der Waals surface area contributed by atoms with Crippen LogP contribution in [0.15, 0.2) is 36.8 Å². The van der Waals surface area contributed by atoms with E-state index in [4.69, 9.17) is 10.5 Å². The summed E-state index contributed by atoms with van der Waals surface area (Å²) in [7, 11) is 0. The number of primary amides is 1. The molecule has 5 rings (SSSR count). The van der Waals surface area contributed by atoms with Gasteiger partial charge in [0, 0.05) is 19.3 Å². The van der Waals surface area contributed by atoms with Crippen molar-refractivity contribution in [3.05, 3.63) is 48.3 Å². The molecular weight excluding hydrogens is 433 g/mol. The van der Waals surface area contributed by atoms with E-state index in [9.17, 15) is 9.59 Å². The first-order valence-corrected chi connectivity index (χ1v) is 10.6. The van der Waals surface area contributed by atoms with E-state index in [2.05, 4.69) is 20.6 Å². The summed E-state index contributed by atoms with van der Waals surface area (Å²) in [6.07, 6.45) is 5.30. The van der Waals surface area contributed by atoms with E-state index >= 15 is 4.39 Å². The second-order valence-electron chi connectivity index (χ2n) is 8.04. The highest BCUT2D eigenvalue weighted by molar-refractivity contribution is 5.90. The molecule has 2 aromatic heterocycles. The van der Waals surface area contributed by atoms with Crippen molar-refractivity contribution >= 4 is 23.4 Å². The van der Waals surface area contributed by atoms with Gasteiger partial charge in [-0.1, -0.05) is 10.4 Å². The van der Waals surface area contributed by atoms with Crippen LogP contribution in [0.1, 0.15) is 29.4 Å². The van der Waals surface area contributed by atoms with Gasteiger partial charge in [0.2, 0.25) is 0 Å². The summed E-state index contributed by atoms with van der Waals surface area (Å²) in [6, 6.07) is 4.83. The predicted molar refractivity (Wildman–Crippen MR) is 113 cm³/mol. The lowest BCUT2D eigenvalue weighted by Crippen LogP contribution is -2.35. The van der Waals surface area contributed by atoms with Crippen LogP contribution < -0.4 is 15.5 Å². The lowest BCUT2D eigenvalue weighted by Gasteiger charge is -2.33. The van der Waals surface area contributed by atoms with E-state index in [0.29, 0.717) is 50.4 Å². The van der Waals surface area contributed by atoms with Crippen molar-refractivity contribution in [2.75, 3.05) is 29.4 Å². The molecule has 12 nitrogen and oxygen atoms in total. The number of halogens is 1. The molecule has 2 saturated heterocycles. The summed E-state index contributed by atoms with van der Waals surface area (Å²) in [5.74, 6) is -1.03. The first-order valence-electron chi connectivity index (χ1n) is 10.6. The highest BCUT2D eigenvalue weighted by Crippen LogP contribution is 2.31. The maximum atomic E-state index is 15.0. The van der Waals surface area contributed by atoms with Gasteiger partial charge in [0.05, 0.1) is 42.9 Å². The van der Waals surface area contributed by atoms with Crippen LogP contribution >= 0.6 is 0 Å². The number of anilines is 2. The fourth-order valence-corrected chi connectivity index (χ4v) is 4.23. The van der Waals surface area contributed by atoms with Crippen LogP contribution in [0.4, 0.5) is 20.6 Å². The summed E-state index contributed by atoms with van der Waals surface area (Å²) in [4.78, 5) is 26.9. The van der Waals surface area contributed by atoms with E-state index in [-0.39, 0.29) is 11.7 Å². The maximum absolute atomic E-state index is 15.0. The lowest BCUT2D eigenvalue weighted by molar-refractivity contribution is 0.0995. The Balaban J connectivity index is 1.22. The summed E-state index contributed by atoms with van der Waals surface area (Å²) >= 11 is 0. The van der Waals surface area contributed by atoms with E-state index in [0.717, 1.165) is 0 Å². The number of hydrogen-bond acceptors (Lipinski definition) is 8. The standard InChI is InChI=1S/C20H22FN9O3/c21-16-9-14(29-11-15(33-20(29)32)10-28-8-5-23-25-28)1-2-18(16)27-6-3-13(4-7-27)30-12-17(19(22)31)24-26-30/h1-2,5,8-9,12-13,15H,3-4,6-7,10-11H2,(H2,22,31)/t15-/m0/s1. The van der Waals surface area contributed by atoms with Crippen LogP contribution in [-0.4, -0.2) is 67.7 Å². The smallest absolute Gasteiger partial charge is 0.414 e. The number of hydrogen-bond donors (Lipinski definition) is 1. The Hall–Kier alpha value is -4.03. The molecule has 1 aromatic carbocycles. The molecule has 0 aliphatic carbocycles. The summed E-state index contributed by atoms with van der Waals surface area (Å²) in [5, 5.41) is 15.4. The molecule has 2 aliphatic rings. The molecule has 0 spiro atoms. The van der Waals surface area contributed by atoms with Crippen molar-refractivity contribution in [1.82, 2.24) is 30.0 Å². The molecule has 172 valence electrons. The van der Waals surface area contributed by atoms with Crippen LogP contribution in [-0.2, 0) is 11.3 Å². The number of benzene rings is 1. The van der Waals surface area contributed by atoms with Crippen LogP contribution in [0, 0.1) is 5.82 Å². The van der Waals surface area contributed by atoms with Crippen molar-refractivity contribution < 1.29 is 18.7 Å². The van der Waals surface area contributed by atoms with E-state index in [1.54, 1.807) is 40.1 Å². The number of nitrogens with zero attached hydrogens (tertiary/aromatic N) is 8. The van der Waals surface area contributed by atoms with Crippen LogP contribution in [0.2, 0.25) is 0 Å². The van der Waals surface area contributed by atoms with Crippen LogP contribution in [0.3, 0.4) is 0 Å². The molecule has 3 aromatic rings. The molecule has 0 bridgehead atoms. The Kier molecular flexibility index (Phi) is 5.36. The SMILES string of the molecule is NC(=O)c1cn(C2CCN(c3ccc(N4C[C@H](Cn5ccnn5)OC4=O)cc3F)CC2)nn1. The molecular formula is C20H22FN9O3. The van der Waals surface area contributed by atoms with Crippen LogP contribution in [0.5, 0.6) is 0 Å². The number of cyclic esters (lactones) is 1. The molecule has 0 radical (unpaired) electrons. The molecule has 4 heterocycles. The maximum Gasteiger partial charge on any atom is 0.414 e. The topological polar surface area (TPSA) is 137 Å². The third-order valence-electron chi connectivity index (χ3n) is 5.92. The van der Waals surface area contributed by atoms with Gasteiger partial charge in [-0.3, -0.25) is 9.69 Å². The molecule has 0 saturated carbocycles. The van der Waals surface area contributed by atoms with Gasteiger partial charge in [0.25, 0.3) is 5.91 Å². The molecule has 1 atom stereocenters. The van der Waals surface area contributed by atoms with Gasteiger partial charge in [-0.05, 0) is 31.0 Å². The van der Waals surface area contributed by atoms with Gasteiger partial charge in [-0.25, -0.2) is 18.5 Å². The number of aromatic nitrogens is 6. The minimum atomic E-state index is -0.618. The van der Waals surface area contributed by atoms with E-state index < -0.39 is 23.9 Å². The van der Waals surface area contributed by atoms with Gasteiger partial charge in [0.1, 0.15) is 11.9 Å². The first-order chi connectivity index (χ1) is 16.0. The molecule has 33 heavy (non-hydrogen) atoms. The molecule has 2 aliphatic heterocycles. The molecule has 0 unspecified atom stereocenters. The van der Waals surface area contributed by atoms with Crippen molar-refractivity contribution in [2.24, 2.45) is 5.73 Å². The Morgan fingerprint density at radius 3 is 2.73 bits per heavy atom. The monoisotopic (exact) mass is 455 g/mol. The largest absolute Gasteiger partial charge is 0.442 e. The average molecular weight is 455 g/mol. The number of ether oxygens (including phenoxy) is 1. The van der Waals surface area contributed by atoms with Gasteiger partial charge in [-0.2, -0.15) is 0 Å². The fraction of sp³-hybridized carbons (Fsp3) is 0.400. The number of carbonyl (C=O) groups excluding carboxylic acids is 2. The van der Waals surface area contributed by atoms with Crippen molar-refractivity contribution in [2.45, 2.75) is 31.5 Å². The molecule has 13 heteroatoms. The van der Waals surface area contributed by atoms with Crippen molar-refractivity contribution in [3.63, 3.8) is 0 Å². The number of carbonyl (C=O) groups is 2. The third-order valence-corrected chi connectivity index (χ3v) is 5.92. The highest BCUT2D eigenvalue weighted by Gasteiger charge is 2.33. The number of piperidine rings is 1. The average Bonchev–Trinajstić information content (AvgIpc) is 3.56. The summed E-state index contributed by atoms with van der Waals surface area (Å²) < 4.78 is 23.6. The number of rotatable bonds is 6. The van der Waals surface area contributed by atoms with Crippen molar-refractivity contribution in [1.29, 1.82) is 0 Å². The zero-order valence-electron chi connectivity index (χ0n) is 17.6. The number of nitrogens with two attached hydrogens (primary N) is 1. The van der Waals surface area contributed by atoms with Crippen molar-refractivity contribution in [3.8, 4) is 0 Å². The molecule has 2 N–H and O–H groups in total. The fourth-order valence-electron chi connectivity index (χ4n) is 4.23. The molecule has 2 amide bonds. The second kappa shape index (κ2) is 8.48. The summed E-state index contributed by atoms with van der Waals surface area (Å²) in [6.45, 7) is 1.90.